The Morgan fingerprint density at radius 3 is 2.81 bits per heavy atom. The van der Waals surface area contributed by atoms with Gasteiger partial charge in [0.1, 0.15) is 0 Å². The number of methoxy groups -OCH3 is 1. The highest BCUT2D eigenvalue weighted by atomic mass is 79.9. The van der Waals surface area contributed by atoms with Crippen molar-refractivity contribution in [2.24, 2.45) is 0 Å². The van der Waals surface area contributed by atoms with Crippen LogP contribution < -0.4 is 10.1 Å². The molecule has 0 atom stereocenters. The summed E-state index contributed by atoms with van der Waals surface area (Å²) in [7, 11) is 1.66. The van der Waals surface area contributed by atoms with Crippen molar-refractivity contribution in [1.29, 1.82) is 0 Å². The molecule has 110 valence electrons. The molecular weight excluding hydrogens is 350 g/mol. The molecule has 0 bridgehead atoms. The van der Waals surface area contributed by atoms with E-state index in [0.717, 1.165) is 28.4 Å². The molecule has 0 unspecified atom stereocenters. The second kappa shape index (κ2) is 6.29. The molecule has 21 heavy (non-hydrogen) atoms. The van der Waals surface area contributed by atoms with E-state index in [1.54, 1.807) is 7.11 Å². The predicted octanol–water partition coefficient (Wildman–Crippen LogP) is 5.60. The first-order valence-electron chi connectivity index (χ1n) is 7.03. The van der Waals surface area contributed by atoms with E-state index >= 15 is 0 Å². The fourth-order valence-corrected chi connectivity index (χ4v) is 3.44. The molecule has 1 saturated carbocycles. The zero-order chi connectivity index (χ0) is 14.8. The van der Waals surface area contributed by atoms with Crippen LogP contribution in [0.4, 0.5) is 5.69 Å². The molecule has 0 aliphatic heterocycles. The number of ether oxygens (including phenoxy) is 1. The van der Waals surface area contributed by atoms with Crippen molar-refractivity contribution in [3.05, 3.63) is 57.0 Å². The van der Waals surface area contributed by atoms with Gasteiger partial charge in [-0.1, -0.05) is 35.9 Å². The molecular formula is C17H17BrClNO. The Labute approximate surface area is 138 Å². The molecule has 1 aliphatic rings. The fourth-order valence-electron chi connectivity index (χ4n) is 2.47. The number of benzene rings is 2. The van der Waals surface area contributed by atoms with Gasteiger partial charge in [0, 0.05) is 11.6 Å². The Bertz CT molecular complexity index is 655. The summed E-state index contributed by atoms with van der Waals surface area (Å²) in [5.41, 5.74) is 3.62. The first-order chi connectivity index (χ1) is 10.2. The van der Waals surface area contributed by atoms with E-state index in [0.29, 0.717) is 5.02 Å². The quantitative estimate of drug-likeness (QED) is 0.743. The zero-order valence-electron chi connectivity index (χ0n) is 11.8. The minimum absolute atomic E-state index is 0.678. The van der Waals surface area contributed by atoms with Gasteiger partial charge in [0.2, 0.25) is 0 Å². The third-order valence-corrected chi connectivity index (χ3v) is 4.50. The molecule has 0 spiro atoms. The Morgan fingerprint density at radius 1 is 1.29 bits per heavy atom. The number of hydrogen-bond donors (Lipinski definition) is 1. The molecule has 0 amide bonds. The minimum atomic E-state index is 0.678. The monoisotopic (exact) mass is 365 g/mol. The van der Waals surface area contributed by atoms with Crippen LogP contribution in [0.2, 0.25) is 5.02 Å². The van der Waals surface area contributed by atoms with E-state index in [9.17, 15) is 0 Å². The van der Waals surface area contributed by atoms with Gasteiger partial charge in [-0.25, -0.2) is 0 Å². The van der Waals surface area contributed by atoms with E-state index in [1.165, 1.54) is 24.0 Å². The molecule has 0 heterocycles. The van der Waals surface area contributed by atoms with Crippen LogP contribution >= 0.6 is 27.5 Å². The lowest BCUT2D eigenvalue weighted by Gasteiger charge is -2.14. The molecule has 0 saturated heterocycles. The molecule has 1 aliphatic carbocycles. The average molecular weight is 367 g/mol. The van der Waals surface area contributed by atoms with Crippen LogP contribution in [0.25, 0.3) is 0 Å². The molecule has 1 N–H and O–H groups in total. The van der Waals surface area contributed by atoms with Crippen LogP contribution in [-0.2, 0) is 6.54 Å². The lowest BCUT2D eigenvalue weighted by atomic mass is 10.1. The van der Waals surface area contributed by atoms with Gasteiger partial charge in [-0.3, -0.25) is 0 Å². The van der Waals surface area contributed by atoms with Crippen molar-refractivity contribution in [3.63, 3.8) is 0 Å². The first-order valence-corrected chi connectivity index (χ1v) is 8.20. The van der Waals surface area contributed by atoms with Crippen molar-refractivity contribution in [2.45, 2.75) is 25.3 Å². The number of nitrogens with one attached hydrogen (secondary N) is 1. The van der Waals surface area contributed by atoms with Crippen LogP contribution in [0.1, 0.15) is 29.9 Å². The van der Waals surface area contributed by atoms with Gasteiger partial charge < -0.3 is 10.1 Å². The summed E-state index contributed by atoms with van der Waals surface area (Å²) in [5.74, 6) is 1.55. The van der Waals surface area contributed by atoms with Crippen LogP contribution in [-0.4, -0.2) is 7.11 Å². The molecule has 1 fully saturated rings. The first kappa shape index (κ1) is 14.7. The fraction of sp³-hybridized carbons (Fsp3) is 0.294. The smallest absolute Gasteiger partial charge is 0.156 e. The Balaban J connectivity index is 1.76. The van der Waals surface area contributed by atoms with Gasteiger partial charge in [0.15, 0.2) is 5.75 Å². The maximum Gasteiger partial charge on any atom is 0.156 e. The molecule has 2 aromatic carbocycles. The number of anilines is 1. The normalized spacial score (nSPS) is 14.0. The van der Waals surface area contributed by atoms with Gasteiger partial charge in [-0.2, -0.15) is 0 Å². The highest BCUT2D eigenvalue weighted by Gasteiger charge is 2.23. The summed E-state index contributed by atoms with van der Waals surface area (Å²) in [4.78, 5) is 0. The van der Waals surface area contributed by atoms with Crippen LogP contribution in [0, 0.1) is 0 Å². The van der Waals surface area contributed by atoms with Crippen LogP contribution in [0.5, 0.6) is 5.75 Å². The topological polar surface area (TPSA) is 21.3 Å². The van der Waals surface area contributed by atoms with Crippen LogP contribution in [0.3, 0.4) is 0 Å². The van der Waals surface area contributed by atoms with Gasteiger partial charge in [0.05, 0.1) is 17.3 Å². The molecule has 2 aromatic rings. The second-order valence-corrected chi connectivity index (χ2v) is 6.63. The van der Waals surface area contributed by atoms with Gasteiger partial charge >= 0.3 is 0 Å². The van der Waals surface area contributed by atoms with E-state index in [-0.39, 0.29) is 0 Å². The van der Waals surface area contributed by atoms with Gasteiger partial charge in [-0.05, 0) is 57.9 Å². The summed E-state index contributed by atoms with van der Waals surface area (Å²) < 4.78 is 6.28. The summed E-state index contributed by atoms with van der Waals surface area (Å²) in [6, 6.07) is 12.5. The Morgan fingerprint density at radius 2 is 2.10 bits per heavy atom. The third-order valence-electron chi connectivity index (χ3n) is 3.70. The van der Waals surface area contributed by atoms with E-state index in [1.807, 2.05) is 12.1 Å². The minimum Gasteiger partial charge on any atom is -0.493 e. The summed E-state index contributed by atoms with van der Waals surface area (Å²) >= 11 is 9.58. The third kappa shape index (κ3) is 3.53. The molecule has 0 radical (unpaired) electrons. The molecule has 4 heteroatoms. The maximum absolute atomic E-state index is 6.11. The lowest BCUT2D eigenvalue weighted by molar-refractivity contribution is 0.414. The van der Waals surface area contributed by atoms with Crippen molar-refractivity contribution < 1.29 is 4.74 Å². The average Bonchev–Trinajstić information content (AvgIpc) is 3.29. The summed E-state index contributed by atoms with van der Waals surface area (Å²) in [6.45, 7) is 0.754. The lowest BCUT2D eigenvalue weighted by Crippen LogP contribution is -2.02. The summed E-state index contributed by atoms with van der Waals surface area (Å²) in [6.07, 6.45) is 2.65. The van der Waals surface area contributed by atoms with E-state index in [2.05, 4.69) is 45.5 Å². The highest BCUT2D eigenvalue weighted by Crippen LogP contribution is 2.40. The van der Waals surface area contributed by atoms with Crippen molar-refractivity contribution in [1.82, 2.24) is 0 Å². The SMILES string of the molecule is COc1c(Br)cc(Cl)cc1NCc1cccc(C2CC2)c1. The number of rotatable bonds is 5. The van der Waals surface area contributed by atoms with Gasteiger partial charge in [-0.15, -0.1) is 0 Å². The van der Waals surface area contributed by atoms with Crippen LogP contribution in [0.15, 0.2) is 40.9 Å². The number of hydrogen-bond acceptors (Lipinski definition) is 2. The second-order valence-electron chi connectivity index (χ2n) is 5.34. The van der Waals surface area contributed by atoms with Crippen molar-refractivity contribution in [3.8, 4) is 5.75 Å². The van der Waals surface area contributed by atoms with Crippen molar-refractivity contribution >= 4 is 33.2 Å². The maximum atomic E-state index is 6.11. The zero-order valence-corrected chi connectivity index (χ0v) is 14.2. The molecule has 2 nitrogen and oxygen atoms in total. The molecule has 3 rings (SSSR count). The van der Waals surface area contributed by atoms with E-state index in [4.69, 9.17) is 16.3 Å². The Hall–Kier alpha value is -1.19. The highest BCUT2D eigenvalue weighted by molar-refractivity contribution is 9.10. The largest absolute Gasteiger partial charge is 0.493 e. The molecule has 0 aromatic heterocycles. The predicted molar refractivity (Wildman–Crippen MR) is 91.4 cm³/mol. The van der Waals surface area contributed by atoms with E-state index < -0.39 is 0 Å². The number of halogens is 2. The standard InChI is InChI=1S/C17H17BrClNO/c1-21-17-15(18)8-14(19)9-16(17)20-10-11-3-2-4-13(7-11)12-5-6-12/h2-4,7-9,12,20H,5-6,10H2,1H3. The van der Waals surface area contributed by atoms with Gasteiger partial charge in [0.25, 0.3) is 0 Å². The summed E-state index contributed by atoms with van der Waals surface area (Å²) in [5, 5.41) is 4.09. The Kier molecular flexibility index (Phi) is 4.41. The van der Waals surface area contributed by atoms with Crippen molar-refractivity contribution in [2.75, 3.05) is 12.4 Å².